The number of nitrogens with zero attached hydrogens (tertiary/aromatic N) is 2. The largest absolute Gasteiger partial charge is 0.406 e. The fourth-order valence-corrected chi connectivity index (χ4v) is 2.05. The van der Waals surface area contributed by atoms with E-state index in [4.69, 9.17) is 0 Å². The highest BCUT2D eigenvalue weighted by Gasteiger charge is 2.41. The first kappa shape index (κ1) is 13.3. The molecule has 1 saturated carbocycles. The predicted molar refractivity (Wildman–Crippen MR) is 62.1 cm³/mol. The van der Waals surface area contributed by atoms with Gasteiger partial charge in [-0.3, -0.25) is 4.79 Å². The molecule has 1 amide bonds. The van der Waals surface area contributed by atoms with Gasteiger partial charge in [-0.2, -0.15) is 13.2 Å². The second-order valence-electron chi connectivity index (χ2n) is 4.11. The Balaban J connectivity index is 2.21. The summed E-state index contributed by atoms with van der Waals surface area (Å²) in [5.74, 6) is -0.678. The van der Waals surface area contributed by atoms with Crippen molar-refractivity contribution in [1.82, 2.24) is 9.88 Å². The maximum atomic E-state index is 12.4. The zero-order valence-electron chi connectivity index (χ0n) is 9.25. The lowest BCUT2D eigenvalue weighted by Crippen LogP contribution is -2.41. The minimum atomic E-state index is -4.39. The van der Waals surface area contributed by atoms with E-state index >= 15 is 0 Å². The summed E-state index contributed by atoms with van der Waals surface area (Å²) in [6, 6.07) is 2.87. The van der Waals surface area contributed by atoms with Gasteiger partial charge in [-0.25, -0.2) is 4.98 Å². The smallest absolute Gasteiger partial charge is 0.325 e. The first-order valence-electron chi connectivity index (χ1n) is 5.37. The first-order valence-corrected chi connectivity index (χ1v) is 6.16. The monoisotopic (exact) mass is 322 g/mol. The lowest BCUT2D eigenvalue weighted by molar-refractivity contribution is -0.141. The topological polar surface area (TPSA) is 33.2 Å². The average molecular weight is 323 g/mol. The van der Waals surface area contributed by atoms with Crippen LogP contribution < -0.4 is 0 Å². The summed E-state index contributed by atoms with van der Waals surface area (Å²) in [6.45, 7) is -1.22. The number of pyridine rings is 1. The van der Waals surface area contributed by atoms with Crippen LogP contribution in [0.3, 0.4) is 0 Å². The molecule has 1 aliphatic carbocycles. The SMILES string of the molecule is O=C(c1ncccc1Br)N(CC(F)(F)F)C1CC1. The number of halogens is 4. The van der Waals surface area contributed by atoms with Gasteiger partial charge in [-0.15, -0.1) is 0 Å². The Morgan fingerprint density at radius 2 is 2.17 bits per heavy atom. The van der Waals surface area contributed by atoms with Gasteiger partial charge in [0.15, 0.2) is 0 Å². The van der Waals surface area contributed by atoms with E-state index in [-0.39, 0.29) is 11.7 Å². The van der Waals surface area contributed by atoms with Gasteiger partial charge in [-0.1, -0.05) is 0 Å². The van der Waals surface area contributed by atoms with E-state index < -0.39 is 18.6 Å². The van der Waals surface area contributed by atoms with Gasteiger partial charge in [0.2, 0.25) is 0 Å². The molecule has 1 fully saturated rings. The van der Waals surface area contributed by atoms with Gasteiger partial charge in [0.25, 0.3) is 5.91 Å². The summed E-state index contributed by atoms with van der Waals surface area (Å²) in [5, 5.41) is 0. The fourth-order valence-electron chi connectivity index (χ4n) is 1.63. The minimum Gasteiger partial charge on any atom is -0.325 e. The van der Waals surface area contributed by atoms with Crippen LogP contribution in [-0.4, -0.2) is 34.6 Å². The Kier molecular flexibility index (Phi) is 3.61. The number of amides is 1. The van der Waals surface area contributed by atoms with Crippen molar-refractivity contribution < 1.29 is 18.0 Å². The van der Waals surface area contributed by atoms with Crippen LogP contribution in [0.2, 0.25) is 0 Å². The van der Waals surface area contributed by atoms with E-state index in [2.05, 4.69) is 20.9 Å². The molecule has 0 spiro atoms. The molecule has 0 aliphatic heterocycles. The molecule has 0 saturated heterocycles. The van der Waals surface area contributed by atoms with Crippen LogP contribution in [0.4, 0.5) is 13.2 Å². The van der Waals surface area contributed by atoms with E-state index in [0.717, 1.165) is 4.90 Å². The molecule has 0 unspecified atom stereocenters. The van der Waals surface area contributed by atoms with E-state index in [1.165, 1.54) is 6.20 Å². The maximum Gasteiger partial charge on any atom is 0.406 e. The molecule has 1 heterocycles. The molecule has 1 aromatic heterocycles. The summed E-state index contributed by atoms with van der Waals surface area (Å²) in [4.78, 5) is 16.7. The van der Waals surface area contributed by atoms with Crippen molar-refractivity contribution in [3.05, 3.63) is 28.5 Å². The normalized spacial score (nSPS) is 15.6. The standard InChI is InChI=1S/C11H10BrF3N2O/c12-8-2-1-5-16-9(8)10(18)17(7-3-4-7)6-11(13,14)15/h1-2,5,7H,3-4,6H2. The molecule has 0 atom stereocenters. The molecule has 0 bridgehead atoms. The average Bonchev–Trinajstić information content (AvgIpc) is 3.08. The highest BCUT2D eigenvalue weighted by Crippen LogP contribution is 2.32. The summed E-state index contributed by atoms with van der Waals surface area (Å²) in [5.41, 5.74) is 0.0219. The third kappa shape index (κ3) is 3.22. The second-order valence-corrected chi connectivity index (χ2v) is 4.97. The van der Waals surface area contributed by atoms with Crippen molar-refractivity contribution in [1.29, 1.82) is 0 Å². The third-order valence-electron chi connectivity index (χ3n) is 2.56. The minimum absolute atomic E-state index is 0.0219. The number of rotatable bonds is 3. The number of carbonyl (C=O) groups is 1. The Morgan fingerprint density at radius 3 is 2.67 bits per heavy atom. The molecular weight excluding hydrogens is 313 g/mol. The summed E-state index contributed by atoms with van der Waals surface area (Å²) < 4.78 is 37.7. The second kappa shape index (κ2) is 4.87. The van der Waals surface area contributed by atoms with Crippen molar-refractivity contribution in [3.8, 4) is 0 Å². The van der Waals surface area contributed by atoms with E-state index in [0.29, 0.717) is 17.3 Å². The Morgan fingerprint density at radius 1 is 1.50 bits per heavy atom. The first-order chi connectivity index (χ1) is 8.38. The van der Waals surface area contributed by atoms with E-state index in [1.54, 1.807) is 12.1 Å². The van der Waals surface area contributed by atoms with Crippen LogP contribution in [0, 0.1) is 0 Å². The van der Waals surface area contributed by atoms with Gasteiger partial charge < -0.3 is 4.90 Å². The van der Waals surface area contributed by atoms with Crippen molar-refractivity contribution in [2.45, 2.75) is 25.1 Å². The molecule has 7 heteroatoms. The maximum absolute atomic E-state index is 12.4. The lowest BCUT2D eigenvalue weighted by atomic mass is 10.3. The number of alkyl halides is 3. The molecule has 3 nitrogen and oxygen atoms in total. The van der Waals surface area contributed by atoms with Gasteiger partial charge in [0, 0.05) is 16.7 Å². The highest BCUT2D eigenvalue weighted by atomic mass is 79.9. The van der Waals surface area contributed by atoms with Gasteiger partial charge >= 0.3 is 6.18 Å². The molecule has 98 valence electrons. The zero-order chi connectivity index (χ0) is 13.3. The summed E-state index contributed by atoms with van der Waals surface area (Å²) in [7, 11) is 0. The Labute approximate surface area is 110 Å². The van der Waals surface area contributed by atoms with Gasteiger partial charge in [0.05, 0.1) is 0 Å². The summed E-state index contributed by atoms with van der Waals surface area (Å²) >= 11 is 3.12. The number of hydrogen-bond acceptors (Lipinski definition) is 2. The van der Waals surface area contributed by atoms with Crippen LogP contribution in [0.25, 0.3) is 0 Å². The molecule has 0 N–H and O–H groups in total. The predicted octanol–water partition coefficient (Wildman–Crippen LogP) is 3.01. The Hall–Kier alpha value is -1.11. The number of carbonyl (C=O) groups excluding carboxylic acids is 1. The van der Waals surface area contributed by atoms with Crippen molar-refractivity contribution in [2.24, 2.45) is 0 Å². The molecule has 18 heavy (non-hydrogen) atoms. The summed E-state index contributed by atoms with van der Waals surface area (Å²) in [6.07, 6.45) is -1.77. The fraction of sp³-hybridized carbons (Fsp3) is 0.455. The van der Waals surface area contributed by atoms with Crippen LogP contribution in [0.1, 0.15) is 23.3 Å². The van der Waals surface area contributed by atoms with Crippen LogP contribution >= 0.6 is 15.9 Å². The van der Waals surface area contributed by atoms with Gasteiger partial charge in [-0.05, 0) is 40.9 Å². The molecule has 1 aliphatic rings. The number of hydrogen-bond donors (Lipinski definition) is 0. The van der Waals surface area contributed by atoms with Crippen molar-refractivity contribution in [3.63, 3.8) is 0 Å². The van der Waals surface area contributed by atoms with Crippen molar-refractivity contribution >= 4 is 21.8 Å². The Bertz CT molecular complexity index is 460. The quantitative estimate of drug-likeness (QED) is 0.857. The highest BCUT2D eigenvalue weighted by molar-refractivity contribution is 9.10. The van der Waals surface area contributed by atoms with Crippen LogP contribution in [0.15, 0.2) is 22.8 Å². The van der Waals surface area contributed by atoms with E-state index in [9.17, 15) is 18.0 Å². The van der Waals surface area contributed by atoms with Crippen molar-refractivity contribution in [2.75, 3.05) is 6.54 Å². The van der Waals surface area contributed by atoms with Crippen LogP contribution in [0.5, 0.6) is 0 Å². The molecule has 2 rings (SSSR count). The third-order valence-corrected chi connectivity index (χ3v) is 3.20. The molecule has 1 aromatic rings. The lowest BCUT2D eigenvalue weighted by Gasteiger charge is -2.23. The van der Waals surface area contributed by atoms with E-state index in [1.807, 2.05) is 0 Å². The number of aromatic nitrogens is 1. The van der Waals surface area contributed by atoms with Crippen LogP contribution in [-0.2, 0) is 0 Å². The van der Waals surface area contributed by atoms with Gasteiger partial charge in [0.1, 0.15) is 12.2 Å². The molecule has 0 aromatic carbocycles. The molecular formula is C11H10BrF3N2O. The molecule has 0 radical (unpaired) electrons. The zero-order valence-corrected chi connectivity index (χ0v) is 10.8.